The van der Waals surface area contributed by atoms with Crippen molar-refractivity contribution in [3.8, 4) is 0 Å². The van der Waals surface area contributed by atoms with Crippen LogP contribution in [-0.4, -0.2) is 33.7 Å². The van der Waals surface area contributed by atoms with Crippen molar-refractivity contribution in [2.45, 2.75) is 50.1 Å². The number of sulfone groups is 1. The second kappa shape index (κ2) is 7.96. The highest BCUT2D eigenvalue weighted by molar-refractivity contribution is 7.91. The highest BCUT2D eigenvalue weighted by Gasteiger charge is 2.26. The van der Waals surface area contributed by atoms with Crippen LogP contribution in [0.25, 0.3) is 11.2 Å². The Balaban J connectivity index is 1.69. The summed E-state index contributed by atoms with van der Waals surface area (Å²) < 4.78 is 25.7. The zero-order valence-corrected chi connectivity index (χ0v) is 18.2. The Hall–Kier alpha value is -2.52. The van der Waals surface area contributed by atoms with E-state index in [0.717, 1.165) is 24.8 Å². The summed E-state index contributed by atoms with van der Waals surface area (Å²) in [6.45, 7) is 3.50. The molecular weight excluding hydrogens is 426 g/mol. The van der Waals surface area contributed by atoms with Gasteiger partial charge < -0.3 is 5.32 Å². The van der Waals surface area contributed by atoms with Crippen LogP contribution in [0.5, 0.6) is 0 Å². The van der Waals surface area contributed by atoms with Gasteiger partial charge in [-0.05, 0) is 55.5 Å². The number of halogens is 1. The van der Waals surface area contributed by atoms with Gasteiger partial charge in [-0.2, -0.15) is 4.98 Å². The molecule has 2 aromatic heterocycles. The minimum Gasteiger partial charge on any atom is -0.359 e. The molecule has 3 aromatic rings. The van der Waals surface area contributed by atoms with Crippen molar-refractivity contribution in [2.24, 2.45) is 0 Å². The Morgan fingerprint density at radius 1 is 1.23 bits per heavy atom. The summed E-state index contributed by atoms with van der Waals surface area (Å²) in [6, 6.07) is 6.47. The van der Waals surface area contributed by atoms with Crippen LogP contribution in [0.2, 0.25) is 5.28 Å². The first-order chi connectivity index (χ1) is 14.3. The molecule has 8 nitrogen and oxygen atoms in total. The highest BCUT2D eigenvalue weighted by atomic mass is 35.5. The summed E-state index contributed by atoms with van der Waals surface area (Å²) >= 11 is 5.94. The van der Waals surface area contributed by atoms with Crippen molar-refractivity contribution in [2.75, 3.05) is 11.1 Å². The third-order valence-corrected chi connectivity index (χ3v) is 7.45. The van der Waals surface area contributed by atoms with E-state index >= 15 is 0 Å². The molecule has 1 saturated carbocycles. The first kappa shape index (κ1) is 20.7. The maximum Gasteiger partial charge on any atom is 0.295 e. The first-order valence-corrected chi connectivity index (χ1v) is 11.9. The van der Waals surface area contributed by atoms with Gasteiger partial charge in [0, 0.05) is 6.04 Å². The molecule has 0 amide bonds. The summed E-state index contributed by atoms with van der Waals surface area (Å²) in [5.74, 6) is 0.256. The van der Waals surface area contributed by atoms with E-state index in [1.807, 2.05) is 6.92 Å². The number of nitrogens with one attached hydrogen (secondary N) is 1. The minimum absolute atomic E-state index is 0.0496. The Morgan fingerprint density at radius 3 is 2.53 bits per heavy atom. The van der Waals surface area contributed by atoms with Crippen LogP contribution >= 0.6 is 11.6 Å². The van der Waals surface area contributed by atoms with Crippen LogP contribution < -0.4 is 10.9 Å². The standard InChI is InChI=1S/C20H22ClN5O3S/c1-3-30(28,29)15-9-7-13(8-10-15)12(2)23-17-19(27)26(14-5-4-6-14)18-16(24-17)11-22-20(21)25-18/h7-12,14H,3-6H2,1-2H3,(H,23,24)/t12-/m1/s1. The minimum atomic E-state index is -3.26. The molecule has 1 aliphatic rings. The van der Waals surface area contributed by atoms with Gasteiger partial charge in [0.05, 0.1) is 22.9 Å². The van der Waals surface area contributed by atoms with Gasteiger partial charge >= 0.3 is 0 Å². The van der Waals surface area contributed by atoms with Crippen LogP contribution in [-0.2, 0) is 9.84 Å². The average Bonchev–Trinajstić information content (AvgIpc) is 2.70. The van der Waals surface area contributed by atoms with Gasteiger partial charge in [0.2, 0.25) is 5.28 Å². The Bertz CT molecular complexity index is 1250. The average molecular weight is 448 g/mol. The van der Waals surface area contributed by atoms with E-state index in [2.05, 4.69) is 20.3 Å². The molecule has 1 atom stereocenters. The van der Waals surface area contributed by atoms with Crippen LogP contribution in [0, 0.1) is 0 Å². The number of fused-ring (bicyclic) bond motifs is 1. The summed E-state index contributed by atoms with van der Waals surface area (Å²) in [4.78, 5) is 26.1. The lowest BCUT2D eigenvalue weighted by atomic mass is 9.93. The Morgan fingerprint density at radius 2 is 1.93 bits per heavy atom. The molecule has 1 fully saturated rings. The molecule has 0 aliphatic heterocycles. The van der Waals surface area contributed by atoms with E-state index in [4.69, 9.17) is 11.6 Å². The van der Waals surface area contributed by atoms with E-state index in [1.54, 1.807) is 35.8 Å². The van der Waals surface area contributed by atoms with Crippen molar-refractivity contribution in [1.82, 2.24) is 19.5 Å². The second-order valence-corrected chi connectivity index (χ2v) is 10.0. The van der Waals surface area contributed by atoms with Crippen LogP contribution in [0.1, 0.15) is 50.8 Å². The van der Waals surface area contributed by atoms with E-state index in [9.17, 15) is 13.2 Å². The molecule has 0 unspecified atom stereocenters. The number of benzene rings is 1. The lowest BCUT2D eigenvalue weighted by Crippen LogP contribution is -2.32. The highest BCUT2D eigenvalue weighted by Crippen LogP contribution is 2.32. The topological polar surface area (TPSA) is 107 Å². The summed E-state index contributed by atoms with van der Waals surface area (Å²) in [6.07, 6.45) is 4.39. The van der Waals surface area contributed by atoms with Crippen LogP contribution in [0.4, 0.5) is 5.82 Å². The molecule has 4 rings (SSSR count). The number of hydrogen-bond acceptors (Lipinski definition) is 7. The van der Waals surface area contributed by atoms with Crippen molar-refractivity contribution < 1.29 is 8.42 Å². The molecule has 158 valence electrons. The summed E-state index contributed by atoms with van der Waals surface area (Å²) in [7, 11) is -3.26. The Labute approximate surface area is 179 Å². The lowest BCUT2D eigenvalue weighted by Gasteiger charge is -2.29. The number of aromatic nitrogens is 4. The first-order valence-electron chi connectivity index (χ1n) is 9.84. The zero-order chi connectivity index (χ0) is 21.5. The van der Waals surface area contributed by atoms with Gasteiger partial charge in [0.25, 0.3) is 5.56 Å². The van der Waals surface area contributed by atoms with Crippen LogP contribution in [0.15, 0.2) is 40.2 Å². The lowest BCUT2D eigenvalue weighted by molar-refractivity contribution is 0.313. The Kier molecular flexibility index (Phi) is 5.50. The SMILES string of the molecule is CCS(=O)(=O)c1ccc([C@@H](C)Nc2nc3cnc(Cl)nc3n(C3CCC3)c2=O)cc1. The fraction of sp³-hybridized carbons (Fsp3) is 0.400. The van der Waals surface area contributed by atoms with Gasteiger partial charge in [-0.1, -0.05) is 19.1 Å². The van der Waals surface area contributed by atoms with Crippen molar-refractivity contribution >= 4 is 38.4 Å². The molecule has 2 heterocycles. The molecule has 30 heavy (non-hydrogen) atoms. The smallest absolute Gasteiger partial charge is 0.295 e. The number of anilines is 1. The molecule has 0 radical (unpaired) electrons. The van der Waals surface area contributed by atoms with Crippen molar-refractivity contribution in [3.63, 3.8) is 0 Å². The number of nitrogens with zero attached hydrogens (tertiary/aromatic N) is 4. The monoisotopic (exact) mass is 447 g/mol. The van der Waals surface area contributed by atoms with Gasteiger partial charge in [-0.15, -0.1) is 0 Å². The second-order valence-electron chi connectivity index (χ2n) is 7.41. The number of rotatable bonds is 6. The number of hydrogen-bond donors (Lipinski definition) is 1. The normalized spacial score (nSPS) is 15.7. The zero-order valence-electron chi connectivity index (χ0n) is 16.7. The van der Waals surface area contributed by atoms with E-state index in [-0.39, 0.29) is 39.4 Å². The quantitative estimate of drug-likeness (QED) is 0.576. The fourth-order valence-electron chi connectivity index (χ4n) is 3.48. The third-order valence-electron chi connectivity index (χ3n) is 5.51. The predicted molar refractivity (Wildman–Crippen MR) is 116 cm³/mol. The summed E-state index contributed by atoms with van der Waals surface area (Å²) in [5, 5.41) is 3.24. The largest absolute Gasteiger partial charge is 0.359 e. The molecule has 1 aliphatic carbocycles. The fourth-order valence-corrected chi connectivity index (χ4v) is 4.49. The predicted octanol–water partition coefficient (Wildman–Crippen LogP) is 3.53. The van der Waals surface area contributed by atoms with Gasteiger partial charge in [0.1, 0.15) is 5.52 Å². The van der Waals surface area contributed by atoms with Crippen LogP contribution in [0.3, 0.4) is 0 Å². The molecule has 1 aromatic carbocycles. The van der Waals surface area contributed by atoms with Gasteiger partial charge in [0.15, 0.2) is 21.3 Å². The maximum atomic E-state index is 13.2. The third kappa shape index (κ3) is 3.79. The van der Waals surface area contributed by atoms with Gasteiger partial charge in [-0.3, -0.25) is 9.36 Å². The molecular formula is C20H22ClN5O3S. The molecule has 0 saturated heterocycles. The maximum absolute atomic E-state index is 13.2. The van der Waals surface area contributed by atoms with E-state index in [1.165, 1.54) is 6.20 Å². The van der Waals surface area contributed by atoms with Gasteiger partial charge in [-0.25, -0.2) is 18.4 Å². The summed E-state index contributed by atoms with van der Waals surface area (Å²) in [5.41, 5.74) is 1.52. The molecule has 0 bridgehead atoms. The molecule has 1 N–H and O–H groups in total. The molecule has 10 heteroatoms. The van der Waals surface area contributed by atoms with E-state index in [0.29, 0.717) is 11.2 Å². The van der Waals surface area contributed by atoms with Crippen molar-refractivity contribution in [3.05, 3.63) is 51.7 Å². The van der Waals surface area contributed by atoms with E-state index < -0.39 is 9.84 Å². The molecule has 0 spiro atoms. The van der Waals surface area contributed by atoms with Crippen molar-refractivity contribution in [1.29, 1.82) is 0 Å².